The van der Waals surface area contributed by atoms with Crippen LogP contribution in [0.4, 0.5) is 0 Å². The lowest BCUT2D eigenvalue weighted by Gasteiger charge is -2.25. The van der Waals surface area contributed by atoms with Crippen molar-refractivity contribution in [3.8, 4) is 5.75 Å². The minimum atomic E-state index is -0.111. The van der Waals surface area contributed by atoms with Crippen molar-refractivity contribution in [1.29, 1.82) is 0 Å². The summed E-state index contributed by atoms with van der Waals surface area (Å²) in [6, 6.07) is 7.62. The zero-order chi connectivity index (χ0) is 16.5. The second-order valence-corrected chi connectivity index (χ2v) is 5.96. The Morgan fingerprint density at radius 3 is 2.70 bits per heavy atom. The highest BCUT2D eigenvalue weighted by Gasteiger charge is 2.13. The van der Waals surface area contributed by atoms with Gasteiger partial charge in [-0.2, -0.15) is 5.10 Å². The molecule has 1 heterocycles. The van der Waals surface area contributed by atoms with Gasteiger partial charge < -0.3 is 9.47 Å². The Bertz CT molecular complexity index is 508. The number of morpholine rings is 1. The van der Waals surface area contributed by atoms with Crippen molar-refractivity contribution in [3.63, 3.8) is 0 Å². The van der Waals surface area contributed by atoms with Crippen LogP contribution in [-0.2, 0) is 9.53 Å². The van der Waals surface area contributed by atoms with Crippen molar-refractivity contribution in [2.75, 3.05) is 39.5 Å². The SMILES string of the molecule is CC(C)COc1ccc(/C=N/NC(=O)CN2CCOCC2)cc1. The smallest absolute Gasteiger partial charge is 0.254 e. The molecular formula is C17H25N3O3. The van der Waals surface area contributed by atoms with Crippen LogP contribution in [0, 0.1) is 5.92 Å². The number of rotatable bonds is 7. The van der Waals surface area contributed by atoms with Crippen molar-refractivity contribution < 1.29 is 14.3 Å². The molecule has 1 saturated heterocycles. The summed E-state index contributed by atoms with van der Waals surface area (Å²) < 4.78 is 10.9. The molecule has 0 radical (unpaired) electrons. The molecule has 1 fully saturated rings. The fourth-order valence-corrected chi connectivity index (χ4v) is 2.09. The van der Waals surface area contributed by atoms with Gasteiger partial charge in [-0.1, -0.05) is 13.8 Å². The summed E-state index contributed by atoms with van der Waals surface area (Å²) in [4.78, 5) is 13.8. The number of hydrazone groups is 1. The van der Waals surface area contributed by atoms with E-state index in [0.717, 1.165) is 24.4 Å². The van der Waals surface area contributed by atoms with Gasteiger partial charge >= 0.3 is 0 Å². The van der Waals surface area contributed by atoms with Crippen molar-refractivity contribution in [2.24, 2.45) is 11.0 Å². The molecule has 1 aromatic rings. The third-order valence-electron chi connectivity index (χ3n) is 3.34. The summed E-state index contributed by atoms with van der Waals surface area (Å²) in [5, 5.41) is 3.99. The van der Waals surface area contributed by atoms with Gasteiger partial charge in [0, 0.05) is 13.1 Å². The maximum atomic E-state index is 11.8. The lowest BCUT2D eigenvalue weighted by atomic mass is 10.2. The number of carbonyl (C=O) groups excluding carboxylic acids is 1. The number of hydrogen-bond donors (Lipinski definition) is 1. The highest BCUT2D eigenvalue weighted by atomic mass is 16.5. The molecule has 6 nitrogen and oxygen atoms in total. The monoisotopic (exact) mass is 319 g/mol. The van der Waals surface area contributed by atoms with Crippen LogP contribution in [0.5, 0.6) is 5.75 Å². The summed E-state index contributed by atoms with van der Waals surface area (Å²) in [5.74, 6) is 1.23. The van der Waals surface area contributed by atoms with Crippen LogP contribution < -0.4 is 10.2 Å². The van der Waals surface area contributed by atoms with Crippen molar-refractivity contribution >= 4 is 12.1 Å². The zero-order valence-corrected chi connectivity index (χ0v) is 13.8. The van der Waals surface area contributed by atoms with E-state index in [4.69, 9.17) is 9.47 Å². The third-order valence-corrected chi connectivity index (χ3v) is 3.34. The Morgan fingerprint density at radius 2 is 2.04 bits per heavy atom. The van der Waals surface area contributed by atoms with Gasteiger partial charge in [0.25, 0.3) is 5.91 Å². The average molecular weight is 319 g/mol. The first-order valence-electron chi connectivity index (χ1n) is 7.98. The molecule has 1 aromatic carbocycles. The van der Waals surface area contributed by atoms with Crippen LogP contribution in [0.1, 0.15) is 19.4 Å². The molecule has 6 heteroatoms. The number of hydrogen-bond acceptors (Lipinski definition) is 5. The summed E-state index contributed by atoms with van der Waals surface area (Å²) in [6.07, 6.45) is 1.63. The normalized spacial score (nSPS) is 16.0. The van der Waals surface area contributed by atoms with Gasteiger partial charge in [-0.3, -0.25) is 9.69 Å². The van der Waals surface area contributed by atoms with Gasteiger partial charge in [-0.15, -0.1) is 0 Å². The van der Waals surface area contributed by atoms with E-state index >= 15 is 0 Å². The Balaban J connectivity index is 1.72. The van der Waals surface area contributed by atoms with Gasteiger partial charge in [0.05, 0.1) is 32.6 Å². The number of ether oxygens (including phenoxy) is 2. The van der Waals surface area contributed by atoms with Crippen LogP contribution in [0.25, 0.3) is 0 Å². The lowest BCUT2D eigenvalue weighted by molar-refractivity contribution is -0.123. The van der Waals surface area contributed by atoms with Crippen LogP contribution >= 0.6 is 0 Å². The van der Waals surface area contributed by atoms with Gasteiger partial charge in [0.2, 0.25) is 0 Å². The van der Waals surface area contributed by atoms with Crippen molar-refractivity contribution in [3.05, 3.63) is 29.8 Å². The molecule has 1 aliphatic heterocycles. The molecule has 126 valence electrons. The summed E-state index contributed by atoms with van der Waals surface area (Å²) in [5.41, 5.74) is 3.46. The Kier molecular flexibility index (Phi) is 7.03. The number of benzene rings is 1. The van der Waals surface area contributed by atoms with Crippen LogP contribution in [-0.4, -0.2) is 56.5 Å². The standard InChI is InChI=1S/C17H25N3O3/c1-14(2)13-23-16-5-3-15(4-6-16)11-18-19-17(21)12-20-7-9-22-10-8-20/h3-6,11,14H,7-10,12-13H2,1-2H3,(H,19,21)/b18-11+. The highest BCUT2D eigenvalue weighted by molar-refractivity contribution is 5.83. The quantitative estimate of drug-likeness (QED) is 0.611. The van der Waals surface area contributed by atoms with Gasteiger partial charge in [-0.25, -0.2) is 5.43 Å². The zero-order valence-electron chi connectivity index (χ0n) is 13.8. The molecule has 0 atom stereocenters. The van der Waals surface area contributed by atoms with Crippen LogP contribution in [0.2, 0.25) is 0 Å². The highest BCUT2D eigenvalue weighted by Crippen LogP contribution is 2.12. The first kappa shape index (κ1) is 17.4. The lowest BCUT2D eigenvalue weighted by Crippen LogP contribution is -2.42. The first-order valence-corrected chi connectivity index (χ1v) is 7.98. The second-order valence-electron chi connectivity index (χ2n) is 5.96. The number of nitrogens with zero attached hydrogens (tertiary/aromatic N) is 2. The number of carbonyl (C=O) groups is 1. The molecule has 23 heavy (non-hydrogen) atoms. The molecule has 0 aliphatic carbocycles. The molecule has 2 rings (SSSR count). The maximum absolute atomic E-state index is 11.8. The summed E-state index contributed by atoms with van der Waals surface area (Å²) in [7, 11) is 0. The van der Waals surface area contributed by atoms with E-state index < -0.39 is 0 Å². The molecule has 1 amide bonds. The number of amides is 1. The molecule has 1 aliphatic rings. The van der Waals surface area contributed by atoms with E-state index in [1.54, 1.807) is 6.21 Å². The predicted octanol–water partition coefficient (Wildman–Crippen LogP) is 1.50. The average Bonchev–Trinajstić information content (AvgIpc) is 2.55. The Morgan fingerprint density at radius 1 is 1.35 bits per heavy atom. The van der Waals surface area contributed by atoms with E-state index in [2.05, 4.69) is 29.3 Å². The Labute approximate surface area is 137 Å². The fraction of sp³-hybridized carbons (Fsp3) is 0.529. The summed E-state index contributed by atoms with van der Waals surface area (Å²) in [6.45, 7) is 8.21. The minimum Gasteiger partial charge on any atom is -0.493 e. The Hall–Kier alpha value is -1.92. The number of nitrogens with one attached hydrogen (secondary N) is 1. The second kappa shape index (κ2) is 9.27. The molecule has 0 spiro atoms. The predicted molar refractivity (Wildman–Crippen MR) is 89.8 cm³/mol. The van der Waals surface area contributed by atoms with Gasteiger partial charge in [0.1, 0.15) is 5.75 Å². The maximum Gasteiger partial charge on any atom is 0.254 e. The van der Waals surface area contributed by atoms with E-state index in [1.165, 1.54) is 0 Å². The van der Waals surface area contributed by atoms with Gasteiger partial charge in [-0.05, 0) is 35.7 Å². The van der Waals surface area contributed by atoms with E-state index in [1.807, 2.05) is 24.3 Å². The van der Waals surface area contributed by atoms with E-state index in [-0.39, 0.29) is 5.91 Å². The van der Waals surface area contributed by atoms with E-state index in [0.29, 0.717) is 32.3 Å². The largest absolute Gasteiger partial charge is 0.493 e. The van der Waals surface area contributed by atoms with Crippen LogP contribution in [0.3, 0.4) is 0 Å². The van der Waals surface area contributed by atoms with Gasteiger partial charge in [0.15, 0.2) is 0 Å². The fourth-order valence-electron chi connectivity index (χ4n) is 2.09. The van der Waals surface area contributed by atoms with Crippen LogP contribution in [0.15, 0.2) is 29.4 Å². The van der Waals surface area contributed by atoms with Crippen molar-refractivity contribution in [2.45, 2.75) is 13.8 Å². The van der Waals surface area contributed by atoms with Crippen molar-refractivity contribution in [1.82, 2.24) is 10.3 Å². The summed E-state index contributed by atoms with van der Waals surface area (Å²) >= 11 is 0. The molecule has 0 aromatic heterocycles. The molecule has 0 bridgehead atoms. The third kappa shape index (κ3) is 6.80. The molecular weight excluding hydrogens is 294 g/mol. The first-order chi connectivity index (χ1) is 11.1. The molecule has 0 unspecified atom stereocenters. The van der Waals surface area contributed by atoms with E-state index in [9.17, 15) is 4.79 Å². The molecule has 0 saturated carbocycles. The molecule has 1 N–H and O–H groups in total. The topological polar surface area (TPSA) is 63.2 Å². The minimum absolute atomic E-state index is 0.111.